The summed E-state index contributed by atoms with van der Waals surface area (Å²) in [5.74, 6) is 0. The summed E-state index contributed by atoms with van der Waals surface area (Å²) in [5, 5.41) is 0. The Morgan fingerprint density at radius 2 is 2.00 bits per heavy atom. The Kier molecular flexibility index (Phi) is 5.62. The molecule has 0 saturated carbocycles. The van der Waals surface area contributed by atoms with Crippen LogP contribution in [0.25, 0.3) is 0 Å². The standard InChI is InChI=1S/C20H25N/c1-3-16-9-8-12-20(21)17(4-2)13-14-18-10-6-5-7-11-19(18)15-16/h3-4,6,8-10,12,14-15H,5,7,11,13,21H2,1-2H3/b9-8-,16-3-,17-4-,18-14-,19-15-,20-12+. The van der Waals surface area contributed by atoms with Gasteiger partial charge >= 0.3 is 0 Å². The second-order valence-electron chi connectivity index (χ2n) is 5.41. The lowest BCUT2D eigenvalue weighted by Crippen LogP contribution is -2.00. The van der Waals surface area contributed by atoms with Gasteiger partial charge in [0.25, 0.3) is 0 Å². The van der Waals surface area contributed by atoms with Crippen LogP contribution in [-0.2, 0) is 0 Å². The second kappa shape index (κ2) is 7.68. The molecule has 2 N–H and O–H groups in total. The first-order valence-corrected chi connectivity index (χ1v) is 7.78. The van der Waals surface area contributed by atoms with Crippen molar-refractivity contribution in [1.29, 1.82) is 0 Å². The lowest BCUT2D eigenvalue weighted by atomic mass is 9.97. The summed E-state index contributed by atoms with van der Waals surface area (Å²) >= 11 is 0. The summed E-state index contributed by atoms with van der Waals surface area (Å²) in [6.07, 6.45) is 24.0. The molecule has 0 amide bonds. The minimum Gasteiger partial charge on any atom is -0.399 e. The van der Waals surface area contributed by atoms with Crippen molar-refractivity contribution in [3.8, 4) is 0 Å². The van der Waals surface area contributed by atoms with Gasteiger partial charge in [0.2, 0.25) is 0 Å². The van der Waals surface area contributed by atoms with Gasteiger partial charge in [-0.15, -0.1) is 0 Å². The Hall–Kier alpha value is -2.02. The van der Waals surface area contributed by atoms with Crippen LogP contribution in [0.1, 0.15) is 39.5 Å². The number of hydrogen-bond donors (Lipinski definition) is 1. The van der Waals surface area contributed by atoms with Crippen molar-refractivity contribution in [2.45, 2.75) is 39.5 Å². The molecule has 0 radical (unpaired) electrons. The van der Waals surface area contributed by atoms with E-state index in [9.17, 15) is 0 Å². The van der Waals surface area contributed by atoms with Crippen molar-refractivity contribution in [1.82, 2.24) is 0 Å². The van der Waals surface area contributed by atoms with Crippen molar-refractivity contribution in [2.24, 2.45) is 5.73 Å². The molecule has 0 aromatic rings. The molecule has 0 aromatic heterocycles. The molecule has 2 aliphatic carbocycles. The van der Waals surface area contributed by atoms with Crippen LogP contribution in [0.2, 0.25) is 0 Å². The highest BCUT2D eigenvalue weighted by atomic mass is 14.6. The maximum Gasteiger partial charge on any atom is 0.0346 e. The fourth-order valence-electron chi connectivity index (χ4n) is 2.65. The quantitative estimate of drug-likeness (QED) is 0.642. The first kappa shape index (κ1) is 15.4. The van der Waals surface area contributed by atoms with Crippen LogP contribution >= 0.6 is 0 Å². The van der Waals surface area contributed by atoms with Gasteiger partial charge in [-0.05, 0) is 67.9 Å². The third-order valence-electron chi connectivity index (χ3n) is 3.98. The van der Waals surface area contributed by atoms with Crippen LogP contribution in [0.4, 0.5) is 0 Å². The van der Waals surface area contributed by atoms with Crippen LogP contribution < -0.4 is 5.73 Å². The predicted octanol–water partition coefficient (Wildman–Crippen LogP) is 5.27. The summed E-state index contributed by atoms with van der Waals surface area (Å²) in [6.45, 7) is 4.13. The van der Waals surface area contributed by atoms with E-state index in [1.165, 1.54) is 28.7 Å². The molecular formula is C20H25N. The van der Waals surface area contributed by atoms with Gasteiger partial charge in [-0.3, -0.25) is 0 Å². The Morgan fingerprint density at radius 3 is 2.76 bits per heavy atom. The van der Waals surface area contributed by atoms with Crippen molar-refractivity contribution in [3.05, 3.63) is 82.7 Å². The van der Waals surface area contributed by atoms with E-state index in [-0.39, 0.29) is 0 Å². The average molecular weight is 279 g/mol. The summed E-state index contributed by atoms with van der Waals surface area (Å²) in [6, 6.07) is 0. The molecule has 0 atom stereocenters. The van der Waals surface area contributed by atoms with Crippen molar-refractivity contribution >= 4 is 0 Å². The van der Waals surface area contributed by atoms with Crippen LogP contribution in [-0.4, -0.2) is 0 Å². The molecule has 2 aliphatic rings. The zero-order valence-corrected chi connectivity index (χ0v) is 13.1. The molecule has 0 aliphatic heterocycles. The summed E-state index contributed by atoms with van der Waals surface area (Å²) in [4.78, 5) is 0. The fourth-order valence-corrected chi connectivity index (χ4v) is 2.65. The molecule has 0 aromatic carbocycles. The Morgan fingerprint density at radius 1 is 1.14 bits per heavy atom. The SMILES string of the molecule is C/C=C1/C=C\C=C(N)/C(=C\C)C/C=C2/C=CCCC/C2=C/1. The Labute approximate surface area is 128 Å². The molecule has 1 heteroatoms. The highest BCUT2D eigenvalue weighted by Gasteiger charge is 2.08. The van der Waals surface area contributed by atoms with Gasteiger partial charge in [0.1, 0.15) is 0 Å². The van der Waals surface area contributed by atoms with Gasteiger partial charge < -0.3 is 5.73 Å². The molecule has 1 nitrogen and oxygen atoms in total. The molecule has 0 heterocycles. The van der Waals surface area contributed by atoms with Gasteiger partial charge in [-0.25, -0.2) is 0 Å². The van der Waals surface area contributed by atoms with Crippen LogP contribution in [0.15, 0.2) is 82.7 Å². The van der Waals surface area contributed by atoms with E-state index in [1.807, 2.05) is 12.2 Å². The normalized spacial score (nSPS) is 32.8. The van der Waals surface area contributed by atoms with E-state index in [0.717, 1.165) is 25.0 Å². The zero-order chi connectivity index (χ0) is 15.1. The van der Waals surface area contributed by atoms with Gasteiger partial charge in [0.15, 0.2) is 0 Å². The first-order chi connectivity index (χ1) is 10.2. The molecule has 0 bridgehead atoms. The van der Waals surface area contributed by atoms with Crippen molar-refractivity contribution in [2.75, 3.05) is 0 Å². The number of nitrogens with two attached hydrogens (primary N) is 1. The van der Waals surface area contributed by atoms with Crippen LogP contribution in [0, 0.1) is 0 Å². The molecule has 0 saturated heterocycles. The minimum atomic E-state index is 0.849. The van der Waals surface area contributed by atoms with Gasteiger partial charge in [-0.2, -0.15) is 0 Å². The monoisotopic (exact) mass is 279 g/mol. The third kappa shape index (κ3) is 4.22. The fraction of sp³-hybridized carbons (Fsp3) is 0.300. The smallest absolute Gasteiger partial charge is 0.0346 e. The van der Waals surface area contributed by atoms with E-state index in [1.54, 1.807) is 0 Å². The topological polar surface area (TPSA) is 26.0 Å². The van der Waals surface area contributed by atoms with E-state index >= 15 is 0 Å². The third-order valence-corrected chi connectivity index (χ3v) is 3.98. The Balaban J connectivity index is 2.50. The summed E-state index contributed by atoms with van der Waals surface area (Å²) in [5.41, 5.74) is 12.2. The number of allylic oxidation sites excluding steroid dienone is 13. The van der Waals surface area contributed by atoms with Gasteiger partial charge in [0, 0.05) is 5.70 Å². The highest BCUT2D eigenvalue weighted by Crippen LogP contribution is 2.26. The lowest BCUT2D eigenvalue weighted by molar-refractivity contribution is 0.853. The maximum absolute atomic E-state index is 6.17. The molecular weight excluding hydrogens is 254 g/mol. The Bertz CT molecular complexity index is 589. The summed E-state index contributed by atoms with van der Waals surface area (Å²) < 4.78 is 0. The van der Waals surface area contributed by atoms with E-state index in [2.05, 4.69) is 56.4 Å². The minimum absolute atomic E-state index is 0.849. The number of rotatable bonds is 0. The largest absolute Gasteiger partial charge is 0.399 e. The lowest BCUT2D eigenvalue weighted by Gasteiger charge is -2.09. The zero-order valence-electron chi connectivity index (χ0n) is 13.1. The van der Waals surface area contributed by atoms with E-state index in [0.29, 0.717) is 0 Å². The van der Waals surface area contributed by atoms with Crippen LogP contribution in [0.5, 0.6) is 0 Å². The number of hydrogen-bond acceptors (Lipinski definition) is 1. The summed E-state index contributed by atoms with van der Waals surface area (Å²) in [7, 11) is 0. The van der Waals surface area contributed by atoms with E-state index in [4.69, 9.17) is 5.73 Å². The van der Waals surface area contributed by atoms with Crippen LogP contribution in [0.3, 0.4) is 0 Å². The highest BCUT2D eigenvalue weighted by molar-refractivity contribution is 5.49. The molecule has 21 heavy (non-hydrogen) atoms. The van der Waals surface area contributed by atoms with Gasteiger partial charge in [-0.1, -0.05) is 48.6 Å². The maximum atomic E-state index is 6.17. The first-order valence-electron chi connectivity index (χ1n) is 7.78. The van der Waals surface area contributed by atoms with Crippen molar-refractivity contribution < 1.29 is 0 Å². The molecule has 0 unspecified atom stereocenters. The molecule has 0 spiro atoms. The van der Waals surface area contributed by atoms with Gasteiger partial charge in [0.05, 0.1) is 0 Å². The molecule has 0 fully saturated rings. The number of fused-ring (bicyclic) bond motifs is 1. The molecule has 110 valence electrons. The van der Waals surface area contributed by atoms with Crippen molar-refractivity contribution in [3.63, 3.8) is 0 Å². The molecule has 2 rings (SSSR count). The van der Waals surface area contributed by atoms with E-state index < -0.39 is 0 Å². The second-order valence-corrected chi connectivity index (χ2v) is 5.41. The predicted molar refractivity (Wildman–Crippen MR) is 92.7 cm³/mol. The average Bonchev–Trinajstić information content (AvgIpc) is 2.72.